The van der Waals surface area contributed by atoms with Gasteiger partial charge < -0.3 is 0 Å². The van der Waals surface area contributed by atoms with Gasteiger partial charge in [0.1, 0.15) is 17.9 Å². The van der Waals surface area contributed by atoms with Crippen LogP contribution in [0.3, 0.4) is 0 Å². The summed E-state index contributed by atoms with van der Waals surface area (Å²) in [5, 5.41) is 5.99. The van der Waals surface area contributed by atoms with E-state index in [1.54, 1.807) is 0 Å². The molecule has 0 N–H and O–H groups in total. The van der Waals surface area contributed by atoms with E-state index in [2.05, 4.69) is 127 Å². The maximum atomic E-state index is 2.67. The fourth-order valence-corrected chi connectivity index (χ4v) is 13.8. The van der Waals surface area contributed by atoms with Gasteiger partial charge in [0.2, 0.25) is 0 Å². The lowest BCUT2D eigenvalue weighted by molar-refractivity contribution is 1.65. The topological polar surface area (TPSA) is 0 Å². The molecule has 0 spiro atoms. The summed E-state index contributed by atoms with van der Waals surface area (Å²) in [6.07, 6.45) is 0. The van der Waals surface area contributed by atoms with Crippen LogP contribution < -0.4 is 15.9 Å². The minimum atomic E-state index is -1.63. The van der Waals surface area contributed by atoms with Crippen LogP contribution in [-0.2, 0) is 0 Å². The minimum Gasteiger partial charge on any atom is -0.0622 e. The van der Waals surface area contributed by atoms with Gasteiger partial charge in [0.15, 0.2) is 0 Å². The van der Waals surface area contributed by atoms with Gasteiger partial charge in [0.05, 0.1) is 11.7 Å². The maximum absolute atomic E-state index is 2.67. The number of benzene rings is 4. The molecular weight excluding hydrogens is 386 g/mol. The first-order chi connectivity index (χ1) is 14.4. The molecule has 0 saturated heterocycles. The molecule has 0 aromatic heterocycles. The van der Waals surface area contributed by atoms with Crippen molar-refractivity contribution in [3.05, 3.63) is 133 Å². The van der Waals surface area contributed by atoms with Crippen LogP contribution in [0.1, 0.15) is 5.56 Å². The molecule has 0 radical (unpaired) electrons. The Kier molecular flexibility index (Phi) is 5.15. The van der Waals surface area contributed by atoms with E-state index in [-0.39, 0.29) is 0 Å². The summed E-state index contributed by atoms with van der Waals surface area (Å²) in [7, 11) is -2.03. The molecule has 0 nitrogen and oxygen atoms in total. The Morgan fingerprint density at radius 2 is 0.966 bits per heavy atom. The summed E-state index contributed by atoms with van der Waals surface area (Å²) in [6, 6.07) is 44.5. The van der Waals surface area contributed by atoms with Gasteiger partial charge in [-0.05, 0) is 35.1 Å². The summed E-state index contributed by atoms with van der Waals surface area (Å²) in [5.74, 6) is 3.89. The molecule has 5 rings (SSSR count). The van der Waals surface area contributed by atoms with Crippen LogP contribution in [0.25, 0.3) is 5.31 Å². The Labute approximate surface area is 175 Å². The van der Waals surface area contributed by atoms with E-state index < -0.39 is 15.2 Å². The van der Waals surface area contributed by atoms with Crippen LogP contribution in [0.4, 0.5) is 0 Å². The molecule has 140 valence electrons. The summed E-state index contributed by atoms with van der Waals surface area (Å²) < 4.78 is 0. The second-order valence-corrected chi connectivity index (χ2v) is 13.3. The van der Waals surface area contributed by atoms with Gasteiger partial charge >= 0.3 is 0 Å². The van der Waals surface area contributed by atoms with Crippen molar-refractivity contribution in [2.75, 3.05) is 5.90 Å². The lowest BCUT2D eigenvalue weighted by Gasteiger charge is -2.22. The monoisotopic (exact) mass is 409 g/mol. The summed E-state index contributed by atoms with van der Waals surface area (Å²) in [6.45, 7) is 0. The zero-order valence-corrected chi connectivity index (χ0v) is 18.0. The molecule has 0 saturated carbocycles. The van der Waals surface area contributed by atoms with Crippen LogP contribution in [-0.4, -0.2) is 5.90 Å². The van der Waals surface area contributed by atoms with Crippen LogP contribution in [0.5, 0.6) is 0 Å². The van der Waals surface area contributed by atoms with Crippen molar-refractivity contribution in [3.8, 4) is 0 Å². The molecule has 0 aliphatic carbocycles. The zero-order chi connectivity index (χ0) is 19.5. The molecule has 1 unspecified atom stereocenters. The average Bonchev–Trinajstić information content (AvgIpc) is 3.24. The predicted octanol–water partition coefficient (Wildman–Crippen LogP) is 6.43. The number of rotatable bonds is 4. The van der Waals surface area contributed by atoms with E-state index in [9.17, 15) is 0 Å². The van der Waals surface area contributed by atoms with Crippen molar-refractivity contribution in [3.63, 3.8) is 0 Å². The summed E-state index contributed by atoms with van der Waals surface area (Å²) in [5.41, 5.74) is 1.37. The smallest absolute Gasteiger partial charge is 0.0622 e. The molecule has 1 aliphatic heterocycles. The van der Waals surface area contributed by atoms with Crippen molar-refractivity contribution in [2.24, 2.45) is 0 Å². The highest BCUT2D eigenvalue weighted by Gasteiger charge is 2.50. The standard InChI is InChI=1S/C27H23P2/c1-5-13-23(14-6-1)27-21-29(25-17-9-3-10-18-25,26-19-11-4-12-20-26)22-28(27)24-15-7-2-8-16-24/h1-21H,22H2/q+1. The third kappa shape index (κ3) is 3.49. The lowest BCUT2D eigenvalue weighted by Crippen LogP contribution is -2.21. The largest absolute Gasteiger partial charge is 0.110 e. The third-order valence-corrected chi connectivity index (χ3v) is 13.7. The quantitative estimate of drug-likeness (QED) is 0.341. The van der Waals surface area contributed by atoms with Crippen LogP contribution in [0, 0.1) is 0 Å². The van der Waals surface area contributed by atoms with Gasteiger partial charge in [-0.3, -0.25) is 0 Å². The van der Waals surface area contributed by atoms with E-state index in [1.165, 1.54) is 32.7 Å². The normalized spacial score (nSPS) is 17.7. The molecule has 0 bridgehead atoms. The fraction of sp³-hybridized carbons (Fsp3) is 0.0370. The van der Waals surface area contributed by atoms with Gasteiger partial charge in [-0.1, -0.05) is 97.1 Å². The highest BCUT2D eigenvalue weighted by Crippen LogP contribution is 2.76. The first kappa shape index (κ1) is 18.5. The van der Waals surface area contributed by atoms with Crippen molar-refractivity contribution >= 4 is 36.4 Å². The molecule has 4 aromatic rings. The Balaban J connectivity index is 1.75. The lowest BCUT2D eigenvalue weighted by atomic mass is 10.2. The summed E-state index contributed by atoms with van der Waals surface area (Å²) in [4.78, 5) is 0. The Morgan fingerprint density at radius 3 is 1.48 bits per heavy atom. The number of hydrogen-bond donors (Lipinski definition) is 0. The van der Waals surface area contributed by atoms with Gasteiger partial charge in [0.25, 0.3) is 0 Å². The van der Waals surface area contributed by atoms with E-state index in [0.717, 1.165) is 0 Å². The fourth-order valence-electron chi connectivity index (χ4n) is 4.14. The van der Waals surface area contributed by atoms with E-state index in [0.29, 0.717) is 0 Å². The van der Waals surface area contributed by atoms with E-state index in [4.69, 9.17) is 0 Å². The molecule has 1 heterocycles. The SMILES string of the molecule is C1=C(c2ccccc2)P(c2ccccc2)C[P+]1(c1ccccc1)c1ccccc1. The van der Waals surface area contributed by atoms with Gasteiger partial charge in [-0.2, -0.15) is 0 Å². The second kappa shape index (κ2) is 8.08. The van der Waals surface area contributed by atoms with Crippen molar-refractivity contribution in [1.82, 2.24) is 0 Å². The van der Waals surface area contributed by atoms with Crippen molar-refractivity contribution in [2.45, 2.75) is 0 Å². The van der Waals surface area contributed by atoms with Crippen LogP contribution in [0.2, 0.25) is 0 Å². The Morgan fingerprint density at radius 1 is 0.517 bits per heavy atom. The molecule has 1 atom stereocenters. The molecular formula is C27H23P2+. The Bertz CT molecular complexity index is 1060. The molecule has 29 heavy (non-hydrogen) atoms. The highest BCUT2D eigenvalue weighted by atomic mass is 31.2. The second-order valence-electron chi connectivity index (χ2n) is 7.33. The minimum absolute atomic E-state index is 0.405. The maximum Gasteiger partial charge on any atom is 0.110 e. The molecule has 0 fully saturated rings. The molecule has 4 aromatic carbocycles. The van der Waals surface area contributed by atoms with Crippen LogP contribution in [0.15, 0.2) is 127 Å². The van der Waals surface area contributed by atoms with Crippen molar-refractivity contribution < 1.29 is 0 Å². The van der Waals surface area contributed by atoms with E-state index in [1.807, 2.05) is 0 Å². The summed E-state index contributed by atoms with van der Waals surface area (Å²) >= 11 is 0. The van der Waals surface area contributed by atoms with Crippen molar-refractivity contribution in [1.29, 1.82) is 0 Å². The molecule has 0 amide bonds. The highest BCUT2D eigenvalue weighted by molar-refractivity contribution is 8.04. The number of hydrogen-bond acceptors (Lipinski definition) is 0. The average molecular weight is 409 g/mol. The van der Waals surface area contributed by atoms with Crippen LogP contribution >= 0.6 is 15.2 Å². The van der Waals surface area contributed by atoms with Gasteiger partial charge in [-0.25, -0.2) is 0 Å². The first-order valence-electron chi connectivity index (χ1n) is 9.97. The molecule has 2 heteroatoms. The molecule has 1 aliphatic rings. The third-order valence-electron chi connectivity index (χ3n) is 5.57. The zero-order valence-electron chi connectivity index (χ0n) is 16.2. The first-order valence-corrected chi connectivity index (χ1v) is 13.5. The van der Waals surface area contributed by atoms with E-state index >= 15 is 0 Å². The predicted molar refractivity (Wildman–Crippen MR) is 131 cm³/mol. The van der Waals surface area contributed by atoms with Gasteiger partial charge in [-0.15, -0.1) is 0 Å². The Hall–Kier alpha value is -2.52. The van der Waals surface area contributed by atoms with Gasteiger partial charge in [0, 0.05) is 13.2 Å².